The molecule has 0 aromatic carbocycles. The molecule has 0 spiro atoms. The van der Waals surface area contributed by atoms with Gasteiger partial charge in [0.25, 0.3) is 5.91 Å². The van der Waals surface area contributed by atoms with Gasteiger partial charge in [0.15, 0.2) is 5.65 Å². The molecule has 2 aromatic heterocycles. The number of nitrogens with one attached hydrogen (secondary N) is 1. The molecule has 1 saturated heterocycles. The number of aryl methyl sites for hydroxylation is 1. The van der Waals surface area contributed by atoms with Crippen LogP contribution in [0.4, 0.5) is 13.2 Å². The van der Waals surface area contributed by atoms with Gasteiger partial charge in [0.2, 0.25) is 0 Å². The first kappa shape index (κ1) is 17.6. The predicted molar refractivity (Wildman–Crippen MR) is 80.2 cm³/mol. The zero-order valence-electron chi connectivity index (χ0n) is 13.6. The van der Waals surface area contributed by atoms with Crippen LogP contribution in [-0.2, 0) is 15.7 Å². The molecule has 1 aliphatic rings. The monoisotopic (exact) mass is 358 g/mol. The summed E-state index contributed by atoms with van der Waals surface area (Å²) in [5, 5.41) is 6.41. The van der Waals surface area contributed by atoms with E-state index in [0.717, 1.165) is 12.3 Å². The van der Waals surface area contributed by atoms with Gasteiger partial charge in [-0.25, -0.2) is 9.50 Å². The second kappa shape index (κ2) is 6.60. The lowest BCUT2D eigenvalue weighted by molar-refractivity contribution is -0.142. The second-order valence-corrected chi connectivity index (χ2v) is 5.69. The van der Waals surface area contributed by atoms with Gasteiger partial charge in [-0.3, -0.25) is 4.79 Å². The Morgan fingerprint density at radius 3 is 2.92 bits per heavy atom. The summed E-state index contributed by atoms with van der Waals surface area (Å²) in [7, 11) is 0. The normalized spacial score (nSPS) is 21.0. The Labute approximate surface area is 141 Å². The lowest BCUT2D eigenvalue weighted by atomic mass is 10.2. The maximum absolute atomic E-state index is 13.1. The van der Waals surface area contributed by atoms with E-state index >= 15 is 0 Å². The van der Waals surface area contributed by atoms with Crippen LogP contribution >= 0.6 is 0 Å². The van der Waals surface area contributed by atoms with Crippen LogP contribution in [0.5, 0.6) is 0 Å². The lowest BCUT2D eigenvalue weighted by Gasteiger charge is -2.18. The van der Waals surface area contributed by atoms with E-state index in [-0.39, 0.29) is 35.7 Å². The average molecular weight is 358 g/mol. The van der Waals surface area contributed by atoms with Gasteiger partial charge in [0.05, 0.1) is 25.5 Å². The van der Waals surface area contributed by atoms with Crippen LogP contribution in [0.15, 0.2) is 12.3 Å². The van der Waals surface area contributed by atoms with Gasteiger partial charge >= 0.3 is 6.18 Å². The molecule has 1 amide bonds. The molecule has 7 nitrogen and oxygen atoms in total. The molecule has 1 fully saturated rings. The third kappa shape index (κ3) is 3.45. The number of aromatic nitrogens is 3. The van der Waals surface area contributed by atoms with Crippen molar-refractivity contribution in [1.82, 2.24) is 19.9 Å². The number of hydrogen-bond donors (Lipinski definition) is 1. The Morgan fingerprint density at radius 1 is 1.48 bits per heavy atom. The Kier molecular flexibility index (Phi) is 4.65. The minimum atomic E-state index is -4.61. The maximum Gasteiger partial charge on any atom is 0.433 e. The van der Waals surface area contributed by atoms with Crippen LogP contribution in [-0.4, -0.2) is 52.5 Å². The molecule has 2 atom stereocenters. The number of nitrogens with zero attached hydrogens (tertiary/aromatic N) is 3. The van der Waals surface area contributed by atoms with E-state index in [0.29, 0.717) is 17.7 Å². The average Bonchev–Trinajstić information content (AvgIpc) is 3.13. The van der Waals surface area contributed by atoms with Crippen molar-refractivity contribution >= 4 is 11.6 Å². The third-order valence-electron chi connectivity index (χ3n) is 3.86. The molecule has 3 heterocycles. The van der Waals surface area contributed by atoms with E-state index in [1.165, 1.54) is 6.92 Å². The summed E-state index contributed by atoms with van der Waals surface area (Å²) in [5.41, 5.74) is -1.01. The Morgan fingerprint density at radius 2 is 2.24 bits per heavy atom. The first-order valence-electron chi connectivity index (χ1n) is 7.74. The number of ether oxygens (including phenoxy) is 2. The van der Waals surface area contributed by atoms with Crippen molar-refractivity contribution in [3.8, 4) is 0 Å². The molecule has 0 unspecified atom stereocenters. The highest BCUT2D eigenvalue weighted by atomic mass is 19.4. The summed E-state index contributed by atoms with van der Waals surface area (Å²) < 4.78 is 50.8. The van der Waals surface area contributed by atoms with Gasteiger partial charge in [-0.1, -0.05) is 0 Å². The van der Waals surface area contributed by atoms with Gasteiger partial charge in [0, 0.05) is 12.3 Å². The van der Waals surface area contributed by atoms with Crippen LogP contribution in [0.1, 0.15) is 28.7 Å². The fraction of sp³-hybridized carbons (Fsp3) is 0.533. The van der Waals surface area contributed by atoms with Gasteiger partial charge in [-0.05, 0) is 19.9 Å². The van der Waals surface area contributed by atoms with Gasteiger partial charge in [-0.15, -0.1) is 0 Å². The number of hydrogen-bond acceptors (Lipinski definition) is 5. The SMILES string of the molecule is CCO[C@H]1COC[C@@H]1NC(=O)c1cnn2c(C(F)(F)F)cc(C)nc12. The zero-order valence-corrected chi connectivity index (χ0v) is 13.6. The molecule has 1 N–H and O–H groups in total. The number of halogens is 3. The molecular weight excluding hydrogens is 341 g/mol. The van der Waals surface area contributed by atoms with E-state index in [4.69, 9.17) is 9.47 Å². The number of rotatable bonds is 4. The predicted octanol–water partition coefficient (Wildman–Crippen LogP) is 1.59. The molecule has 2 aromatic rings. The topological polar surface area (TPSA) is 77.8 Å². The van der Waals surface area contributed by atoms with Crippen molar-refractivity contribution in [3.05, 3.63) is 29.2 Å². The summed E-state index contributed by atoms with van der Waals surface area (Å²) in [6, 6.07) is 0.506. The second-order valence-electron chi connectivity index (χ2n) is 5.69. The summed E-state index contributed by atoms with van der Waals surface area (Å²) in [6.45, 7) is 4.35. The minimum Gasteiger partial charge on any atom is -0.376 e. The minimum absolute atomic E-state index is 0.0312. The van der Waals surface area contributed by atoms with Gasteiger partial charge < -0.3 is 14.8 Å². The fourth-order valence-electron chi connectivity index (χ4n) is 2.74. The lowest BCUT2D eigenvalue weighted by Crippen LogP contribution is -2.43. The first-order chi connectivity index (χ1) is 11.8. The van der Waals surface area contributed by atoms with Crippen molar-refractivity contribution in [2.75, 3.05) is 19.8 Å². The molecule has 0 saturated carbocycles. The van der Waals surface area contributed by atoms with Gasteiger partial charge in [-0.2, -0.15) is 18.3 Å². The number of carbonyl (C=O) groups excluding carboxylic acids is 1. The molecular formula is C15H17F3N4O3. The van der Waals surface area contributed by atoms with Crippen LogP contribution in [0.2, 0.25) is 0 Å². The summed E-state index contributed by atoms with van der Waals surface area (Å²) in [6.07, 6.45) is -3.82. The smallest absolute Gasteiger partial charge is 0.376 e. The highest BCUT2D eigenvalue weighted by Gasteiger charge is 2.36. The number of alkyl halides is 3. The van der Waals surface area contributed by atoms with Crippen molar-refractivity contribution in [3.63, 3.8) is 0 Å². The molecule has 10 heteroatoms. The summed E-state index contributed by atoms with van der Waals surface area (Å²) >= 11 is 0. The van der Waals surface area contributed by atoms with E-state index in [1.807, 2.05) is 6.92 Å². The highest BCUT2D eigenvalue weighted by Crippen LogP contribution is 2.30. The molecule has 136 valence electrons. The van der Waals surface area contributed by atoms with Crippen LogP contribution in [0.3, 0.4) is 0 Å². The Balaban J connectivity index is 1.91. The van der Waals surface area contributed by atoms with Crippen molar-refractivity contribution in [2.24, 2.45) is 0 Å². The number of carbonyl (C=O) groups is 1. The van der Waals surface area contributed by atoms with E-state index in [9.17, 15) is 18.0 Å². The maximum atomic E-state index is 13.1. The van der Waals surface area contributed by atoms with Crippen molar-refractivity contribution in [2.45, 2.75) is 32.2 Å². The number of fused-ring (bicyclic) bond motifs is 1. The van der Waals surface area contributed by atoms with Crippen LogP contribution in [0.25, 0.3) is 5.65 Å². The van der Waals surface area contributed by atoms with E-state index < -0.39 is 17.8 Å². The molecule has 0 bridgehead atoms. The van der Waals surface area contributed by atoms with Crippen LogP contribution < -0.4 is 5.32 Å². The molecule has 3 rings (SSSR count). The molecule has 0 radical (unpaired) electrons. The highest BCUT2D eigenvalue weighted by molar-refractivity contribution is 5.99. The van der Waals surface area contributed by atoms with Crippen LogP contribution in [0, 0.1) is 6.92 Å². The fourth-order valence-corrected chi connectivity index (χ4v) is 2.74. The Bertz CT molecular complexity index is 790. The third-order valence-corrected chi connectivity index (χ3v) is 3.86. The van der Waals surface area contributed by atoms with Crippen molar-refractivity contribution < 1.29 is 27.4 Å². The molecule has 25 heavy (non-hydrogen) atoms. The number of amides is 1. The summed E-state index contributed by atoms with van der Waals surface area (Å²) in [4.78, 5) is 16.5. The standard InChI is InChI=1S/C15H17F3N4O3/c1-3-25-11-7-24-6-10(11)21-14(23)9-5-19-22-12(15(16,17)18)4-8(2)20-13(9)22/h4-5,10-11H,3,6-7H2,1-2H3,(H,21,23)/t10-,11-/m0/s1. The first-order valence-corrected chi connectivity index (χ1v) is 7.74. The van der Waals surface area contributed by atoms with Crippen molar-refractivity contribution in [1.29, 1.82) is 0 Å². The van der Waals surface area contributed by atoms with E-state index in [2.05, 4.69) is 15.4 Å². The largest absolute Gasteiger partial charge is 0.433 e. The Hall–Kier alpha value is -2.20. The zero-order chi connectivity index (χ0) is 18.2. The van der Waals surface area contributed by atoms with E-state index in [1.54, 1.807) is 0 Å². The van der Waals surface area contributed by atoms with Gasteiger partial charge in [0.1, 0.15) is 17.4 Å². The summed E-state index contributed by atoms with van der Waals surface area (Å²) in [5.74, 6) is -0.568. The molecule has 1 aliphatic heterocycles. The quantitative estimate of drug-likeness (QED) is 0.898. The molecule has 0 aliphatic carbocycles.